The van der Waals surface area contributed by atoms with Gasteiger partial charge in [0.25, 0.3) is 0 Å². The van der Waals surface area contributed by atoms with Crippen molar-refractivity contribution in [2.24, 2.45) is 5.92 Å². The molecule has 0 spiro atoms. The Morgan fingerprint density at radius 3 is 2.07 bits per heavy atom. The lowest BCUT2D eigenvalue weighted by atomic mass is 10.00. The first-order valence-corrected chi connectivity index (χ1v) is 9.74. The third-order valence-corrected chi connectivity index (χ3v) is 4.98. The first kappa shape index (κ1) is 23.2. The molecule has 0 heterocycles. The fraction of sp³-hybridized carbons (Fsp3) is 0.588. The number of alkyl halides is 3. The van der Waals surface area contributed by atoms with E-state index in [0.717, 1.165) is 24.3 Å². The van der Waals surface area contributed by atoms with Crippen molar-refractivity contribution in [3.63, 3.8) is 0 Å². The highest BCUT2D eigenvalue weighted by atomic mass is 32.2. The van der Waals surface area contributed by atoms with Gasteiger partial charge in [-0.25, -0.2) is 8.42 Å². The summed E-state index contributed by atoms with van der Waals surface area (Å²) in [6.07, 6.45) is -4.37. The largest absolute Gasteiger partial charge is 0.573 e. The first-order valence-electron chi connectivity index (χ1n) is 8.25. The van der Waals surface area contributed by atoms with Gasteiger partial charge in [0.05, 0.1) is 4.90 Å². The number of sulfonamides is 1. The Bertz CT molecular complexity index is 739. The highest BCUT2D eigenvalue weighted by Gasteiger charge is 2.34. The Balaban J connectivity index is 3.04. The zero-order valence-electron chi connectivity index (χ0n) is 15.8. The molecule has 0 bridgehead atoms. The van der Waals surface area contributed by atoms with Crippen LogP contribution in [0.4, 0.5) is 13.2 Å². The predicted octanol–water partition coefficient (Wildman–Crippen LogP) is 3.62. The van der Waals surface area contributed by atoms with Crippen molar-refractivity contribution in [1.29, 1.82) is 0 Å². The summed E-state index contributed by atoms with van der Waals surface area (Å²) in [6, 6.07) is 2.56. The quantitative estimate of drug-likeness (QED) is 0.693. The lowest BCUT2D eigenvalue weighted by Gasteiger charge is -2.27. The van der Waals surface area contributed by atoms with Gasteiger partial charge in [-0.3, -0.25) is 4.79 Å². The molecule has 2 atom stereocenters. The Morgan fingerprint density at radius 2 is 1.67 bits per heavy atom. The summed E-state index contributed by atoms with van der Waals surface area (Å²) in [7, 11) is -4.16. The van der Waals surface area contributed by atoms with Gasteiger partial charge in [-0.05, 0) is 51.0 Å². The van der Waals surface area contributed by atoms with Crippen LogP contribution >= 0.6 is 0 Å². The third kappa shape index (κ3) is 7.76. The minimum absolute atomic E-state index is 0.297. The monoisotopic (exact) mass is 411 g/mol. The van der Waals surface area contributed by atoms with Crippen LogP contribution in [0.1, 0.15) is 41.0 Å². The SMILES string of the molecule is CC[C@H](C)[C@H](NS(=O)(=O)c1ccc(OC(F)(F)F)cc1)C(=O)OC(C)(C)C. The van der Waals surface area contributed by atoms with E-state index in [0.29, 0.717) is 6.42 Å². The van der Waals surface area contributed by atoms with Crippen molar-refractivity contribution in [2.45, 2.75) is 63.9 Å². The number of hydrogen-bond donors (Lipinski definition) is 1. The normalized spacial score (nSPS) is 15.1. The van der Waals surface area contributed by atoms with Gasteiger partial charge in [-0.1, -0.05) is 20.3 Å². The van der Waals surface area contributed by atoms with E-state index in [4.69, 9.17) is 4.74 Å². The number of nitrogens with one attached hydrogen (secondary N) is 1. The molecule has 27 heavy (non-hydrogen) atoms. The minimum Gasteiger partial charge on any atom is -0.459 e. The maximum absolute atomic E-state index is 12.5. The van der Waals surface area contributed by atoms with Gasteiger partial charge in [-0.15, -0.1) is 13.2 Å². The summed E-state index contributed by atoms with van der Waals surface area (Å²) in [4.78, 5) is 12.1. The molecule has 0 aliphatic carbocycles. The van der Waals surface area contributed by atoms with Crippen LogP contribution in [0.3, 0.4) is 0 Å². The summed E-state index contributed by atoms with van der Waals surface area (Å²) in [5.74, 6) is -1.63. The van der Waals surface area contributed by atoms with Crippen LogP contribution in [-0.2, 0) is 19.6 Å². The number of ether oxygens (including phenoxy) is 2. The molecule has 1 N–H and O–H groups in total. The Hall–Kier alpha value is -1.81. The second-order valence-corrected chi connectivity index (χ2v) is 8.75. The standard InChI is InChI=1S/C17H24F3NO5S/c1-6-11(2)14(15(22)26-16(3,4)5)21-27(23,24)13-9-7-12(8-10-13)25-17(18,19)20/h7-11,14,21H,6H2,1-5H3/t11-,14-/m0/s1. The van der Waals surface area contributed by atoms with Crippen LogP contribution in [0.25, 0.3) is 0 Å². The number of halogens is 3. The molecule has 0 amide bonds. The molecule has 10 heteroatoms. The van der Waals surface area contributed by atoms with Crippen molar-refractivity contribution in [2.75, 3.05) is 0 Å². The summed E-state index contributed by atoms with van der Waals surface area (Å²) in [6.45, 7) is 8.46. The molecule has 0 radical (unpaired) electrons. The van der Waals surface area contributed by atoms with Crippen LogP contribution in [0, 0.1) is 5.92 Å². The highest BCUT2D eigenvalue weighted by Crippen LogP contribution is 2.24. The van der Waals surface area contributed by atoms with Crippen molar-refractivity contribution in [3.8, 4) is 5.75 Å². The molecule has 0 fully saturated rings. The number of carbonyl (C=O) groups excluding carboxylic acids is 1. The molecule has 0 saturated carbocycles. The zero-order valence-corrected chi connectivity index (χ0v) is 16.6. The van der Waals surface area contributed by atoms with Gasteiger partial charge in [-0.2, -0.15) is 4.72 Å². The van der Waals surface area contributed by atoms with Crippen molar-refractivity contribution in [1.82, 2.24) is 4.72 Å². The average molecular weight is 411 g/mol. The fourth-order valence-electron chi connectivity index (χ4n) is 2.05. The van der Waals surface area contributed by atoms with E-state index < -0.39 is 39.7 Å². The van der Waals surface area contributed by atoms with Gasteiger partial charge >= 0.3 is 12.3 Å². The van der Waals surface area contributed by atoms with Crippen LogP contribution in [0.5, 0.6) is 5.75 Å². The fourth-order valence-corrected chi connectivity index (χ4v) is 3.35. The average Bonchev–Trinajstić information content (AvgIpc) is 2.49. The van der Waals surface area contributed by atoms with Crippen molar-refractivity contribution < 1.29 is 35.9 Å². The van der Waals surface area contributed by atoms with Gasteiger partial charge in [0, 0.05) is 0 Å². The molecule has 0 aliphatic heterocycles. The third-order valence-electron chi connectivity index (χ3n) is 3.52. The number of carbonyl (C=O) groups is 1. The van der Waals surface area contributed by atoms with E-state index in [2.05, 4.69) is 9.46 Å². The zero-order chi connectivity index (χ0) is 21.0. The lowest BCUT2D eigenvalue weighted by molar-refractivity contribution is -0.274. The number of benzene rings is 1. The van der Waals surface area contributed by atoms with E-state index in [9.17, 15) is 26.4 Å². The van der Waals surface area contributed by atoms with Crippen LogP contribution in [-0.4, -0.2) is 32.4 Å². The maximum Gasteiger partial charge on any atom is 0.573 e. The number of hydrogen-bond acceptors (Lipinski definition) is 5. The molecular weight excluding hydrogens is 387 g/mol. The molecule has 0 aliphatic rings. The maximum atomic E-state index is 12.5. The molecule has 154 valence electrons. The first-order chi connectivity index (χ1) is 12.1. The van der Waals surface area contributed by atoms with Crippen LogP contribution in [0.2, 0.25) is 0 Å². The molecule has 1 aromatic carbocycles. The summed E-state index contributed by atoms with van der Waals surface area (Å²) < 4.78 is 72.9. The van der Waals surface area contributed by atoms with Crippen LogP contribution in [0.15, 0.2) is 29.2 Å². The topological polar surface area (TPSA) is 81.7 Å². The van der Waals surface area contributed by atoms with E-state index in [1.165, 1.54) is 0 Å². The molecule has 0 saturated heterocycles. The number of rotatable bonds is 7. The van der Waals surface area contributed by atoms with E-state index in [1.54, 1.807) is 34.6 Å². The molecule has 1 aromatic rings. The van der Waals surface area contributed by atoms with Gasteiger partial charge in [0.1, 0.15) is 17.4 Å². The van der Waals surface area contributed by atoms with Gasteiger partial charge in [0.15, 0.2) is 0 Å². The van der Waals surface area contributed by atoms with Gasteiger partial charge in [0.2, 0.25) is 10.0 Å². The lowest BCUT2D eigenvalue weighted by Crippen LogP contribution is -2.47. The van der Waals surface area contributed by atoms with Crippen molar-refractivity contribution >= 4 is 16.0 Å². The minimum atomic E-state index is -4.88. The molecular formula is C17H24F3NO5S. The molecule has 1 rings (SSSR count). The predicted molar refractivity (Wildman–Crippen MR) is 92.5 cm³/mol. The number of esters is 1. The molecule has 0 aromatic heterocycles. The van der Waals surface area contributed by atoms with E-state index in [-0.39, 0.29) is 10.8 Å². The van der Waals surface area contributed by atoms with E-state index in [1.807, 2.05) is 0 Å². The Labute approximate surface area is 157 Å². The van der Waals surface area contributed by atoms with Crippen LogP contribution < -0.4 is 9.46 Å². The Kier molecular flexibility index (Phi) is 7.29. The van der Waals surface area contributed by atoms with Crippen molar-refractivity contribution in [3.05, 3.63) is 24.3 Å². The molecule has 0 unspecified atom stereocenters. The summed E-state index contributed by atoms with van der Waals surface area (Å²) >= 11 is 0. The smallest absolute Gasteiger partial charge is 0.459 e. The second-order valence-electron chi connectivity index (χ2n) is 7.04. The summed E-state index contributed by atoms with van der Waals surface area (Å²) in [5.41, 5.74) is -0.801. The van der Waals surface area contributed by atoms with Gasteiger partial charge < -0.3 is 9.47 Å². The molecule has 6 nitrogen and oxygen atoms in total. The highest BCUT2D eigenvalue weighted by molar-refractivity contribution is 7.89. The summed E-state index contributed by atoms with van der Waals surface area (Å²) in [5, 5.41) is 0. The Morgan fingerprint density at radius 1 is 1.15 bits per heavy atom. The second kappa shape index (κ2) is 8.47. The van der Waals surface area contributed by atoms with E-state index >= 15 is 0 Å².